The van der Waals surface area contributed by atoms with Crippen LogP contribution in [0.25, 0.3) is 0 Å². The topological polar surface area (TPSA) is 44.3 Å². The van der Waals surface area contributed by atoms with Crippen molar-refractivity contribution in [3.8, 4) is 0 Å². The first-order valence-electron chi connectivity index (χ1n) is 3.61. The van der Waals surface area contributed by atoms with E-state index in [1.165, 1.54) is 4.90 Å². The maximum Gasteiger partial charge on any atom is 0.0886 e. The second-order valence-electron chi connectivity index (χ2n) is 2.24. The Morgan fingerprint density at radius 2 is 2.33 bits per heavy atom. The molecule has 66 valence electrons. The molecule has 0 bridgehead atoms. The number of thioether (sulfide) groups is 1. The lowest BCUT2D eigenvalue weighted by Crippen LogP contribution is -2.17. The summed E-state index contributed by atoms with van der Waals surface area (Å²) in [6.07, 6.45) is 2.03. The molecule has 12 heavy (non-hydrogen) atoms. The molecule has 0 heterocycles. The number of hydrogen-bond donors (Lipinski definition) is 3. The van der Waals surface area contributed by atoms with Gasteiger partial charge < -0.3 is 10.5 Å². The molecule has 0 unspecified atom stereocenters. The molecule has 0 atom stereocenters. The van der Waals surface area contributed by atoms with E-state index >= 15 is 0 Å². The molecule has 0 saturated heterocycles. The molecule has 0 radical (unpaired) electrons. The molecule has 0 aromatic heterocycles. The molecule has 1 rings (SSSR count). The number of hydrogen-bond acceptors (Lipinski definition) is 4. The Morgan fingerprint density at radius 3 is 3.00 bits per heavy atom. The van der Waals surface area contributed by atoms with E-state index in [1.807, 2.05) is 36.0 Å². The van der Waals surface area contributed by atoms with Crippen molar-refractivity contribution in [3.63, 3.8) is 0 Å². The maximum absolute atomic E-state index is 8.34. The zero-order valence-corrected chi connectivity index (χ0v) is 7.69. The van der Waals surface area contributed by atoms with Gasteiger partial charge in [-0.2, -0.15) is 5.48 Å². The van der Waals surface area contributed by atoms with Crippen LogP contribution in [0.2, 0.25) is 0 Å². The van der Waals surface area contributed by atoms with Gasteiger partial charge in [-0.15, -0.1) is 11.8 Å². The first kappa shape index (κ1) is 9.38. The SMILES string of the molecule is CSc1cccc(NCNO)c1. The Morgan fingerprint density at radius 1 is 1.50 bits per heavy atom. The van der Waals surface area contributed by atoms with Crippen LogP contribution in [-0.4, -0.2) is 18.1 Å². The zero-order chi connectivity index (χ0) is 8.81. The van der Waals surface area contributed by atoms with Crippen LogP contribution in [0, 0.1) is 0 Å². The Labute approximate surface area is 76.1 Å². The number of nitrogens with one attached hydrogen (secondary N) is 2. The van der Waals surface area contributed by atoms with Gasteiger partial charge in [-0.3, -0.25) is 0 Å². The Balaban J connectivity index is 2.60. The van der Waals surface area contributed by atoms with E-state index < -0.39 is 0 Å². The highest BCUT2D eigenvalue weighted by Gasteiger charge is 1.92. The van der Waals surface area contributed by atoms with Crippen molar-refractivity contribution in [1.29, 1.82) is 0 Å². The third-order valence-electron chi connectivity index (χ3n) is 1.44. The number of hydroxylamine groups is 1. The van der Waals surface area contributed by atoms with Crippen molar-refractivity contribution in [3.05, 3.63) is 24.3 Å². The molecule has 0 saturated carbocycles. The van der Waals surface area contributed by atoms with Crippen LogP contribution < -0.4 is 10.8 Å². The fourth-order valence-electron chi connectivity index (χ4n) is 0.875. The van der Waals surface area contributed by atoms with E-state index in [2.05, 4.69) is 5.32 Å². The van der Waals surface area contributed by atoms with Crippen LogP contribution in [0.4, 0.5) is 5.69 Å². The summed E-state index contributed by atoms with van der Waals surface area (Å²) in [4.78, 5) is 1.21. The van der Waals surface area contributed by atoms with Gasteiger partial charge in [0.1, 0.15) is 0 Å². The van der Waals surface area contributed by atoms with Crippen LogP contribution in [-0.2, 0) is 0 Å². The fourth-order valence-corrected chi connectivity index (χ4v) is 1.33. The summed E-state index contributed by atoms with van der Waals surface area (Å²) in [6.45, 7) is 0.359. The summed E-state index contributed by atoms with van der Waals surface area (Å²) in [6, 6.07) is 8.01. The van der Waals surface area contributed by atoms with Crippen molar-refractivity contribution in [2.45, 2.75) is 4.90 Å². The Bertz CT molecular complexity index is 242. The van der Waals surface area contributed by atoms with Gasteiger partial charge in [0.05, 0.1) is 6.67 Å². The van der Waals surface area contributed by atoms with Crippen molar-refractivity contribution < 1.29 is 5.21 Å². The predicted octanol–water partition coefficient (Wildman–Crippen LogP) is 1.76. The molecular formula is C8H12N2OS. The monoisotopic (exact) mass is 184 g/mol. The molecule has 0 aliphatic heterocycles. The molecule has 3 nitrogen and oxygen atoms in total. The van der Waals surface area contributed by atoms with E-state index in [-0.39, 0.29) is 0 Å². The second kappa shape index (κ2) is 5.03. The third-order valence-corrected chi connectivity index (χ3v) is 2.17. The van der Waals surface area contributed by atoms with Crippen LogP contribution in [0.5, 0.6) is 0 Å². The molecule has 4 heteroatoms. The van der Waals surface area contributed by atoms with E-state index in [0.717, 1.165) is 5.69 Å². The van der Waals surface area contributed by atoms with E-state index in [4.69, 9.17) is 5.21 Å². The van der Waals surface area contributed by atoms with E-state index in [1.54, 1.807) is 11.8 Å². The van der Waals surface area contributed by atoms with Gasteiger partial charge in [0.2, 0.25) is 0 Å². The molecule has 0 aliphatic carbocycles. The van der Waals surface area contributed by atoms with E-state index in [9.17, 15) is 0 Å². The number of benzene rings is 1. The number of rotatable bonds is 4. The predicted molar refractivity (Wildman–Crippen MR) is 51.6 cm³/mol. The molecule has 3 N–H and O–H groups in total. The minimum atomic E-state index is 0.359. The zero-order valence-electron chi connectivity index (χ0n) is 6.87. The average molecular weight is 184 g/mol. The van der Waals surface area contributed by atoms with Gasteiger partial charge in [0.15, 0.2) is 0 Å². The smallest absolute Gasteiger partial charge is 0.0886 e. The molecule has 1 aromatic rings. The highest BCUT2D eigenvalue weighted by Crippen LogP contribution is 2.18. The number of anilines is 1. The second-order valence-corrected chi connectivity index (χ2v) is 3.12. The van der Waals surface area contributed by atoms with Crippen molar-refractivity contribution in [2.24, 2.45) is 0 Å². The lowest BCUT2D eigenvalue weighted by molar-refractivity contribution is 0.175. The van der Waals surface area contributed by atoms with Gasteiger partial charge in [-0.05, 0) is 24.5 Å². The van der Waals surface area contributed by atoms with Crippen LogP contribution in [0.15, 0.2) is 29.2 Å². The standard InChI is InChI=1S/C8H12N2OS/c1-12-8-4-2-3-7(5-8)9-6-10-11/h2-5,9-11H,6H2,1H3. The highest BCUT2D eigenvalue weighted by molar-refractivity contribution is 7.98. The highest BCUT2D eigenvalue weighted by atomic mass is 32.2. The summed E-state index contributed by atoms with van der Waals surface area (Å²) in [5.41, 5.74) is 3.04. The van der Waals surface area contributed by atoms with Gasteiger partial charge in [0.25, 0.3) is 0 Å². The van der Waals surface area contributed by atoms with Crippen LogP contribution in [0.1, 0.15) is 0 Å². The summed E-state index contributed by atoms with van der Waals surface area (Å²) >= 11 is 1.69. The normalized spacial score (nSPS) is 9.83. The van der Waals surface area contributed by atoms with Crippen molar-refractivity contribution in [1.82, 2.24) is 5.48 Å². The fraction of sp³-hybridized carbons (Fsp3) is 0.250. The molecule has 0 spiro atoms. The summed E-state index contributed by atoms with van der Waals surface area (Å²) < 4.78 is 0. The summed E-state index contributed by atoms with van der Waals surface area (Å²) in [5.74, 6) is 0. The van der Waals surface area contributed by atoms with Gasteiger partial charge in [0, 0.05) is 10.6 Å². The molecular weight excluding hydrogens is 172 g/mol. The van der Waals surface area contributed by atoms with Gasteiger partial charge in [-0.1, -0.05) is 6.07 Å². The lowest BCUT2D eigenvalue weighted by atomic mass is 10.3. The van der Waals surface area contributed by atoms with Crippen molar-refractivity contribution >= 4 is 17.4 Å². The largest absolute Gasteiger partial charge is 0.371 e. The average Bonchev–Trinajstić information content (AvgIpc) is 2.15. The lowest BCUT2D eigenvalue weighted by Gasteiger charge is -2.05. The Kier molecular flexibility index (Phi) is 3.93. The van der Waals surface area contributed by atoms with Gasteiger partial charge in [-0.25, -0.2) is 0 Å². The Hall–Kier alpha value is -0.710. The molecule has 0 aliphatic rings. The molecule has 1 aromatic carbocycles. The molecule has 0 amide bonds. The summed E-state index contributed by atoms with van der Waals surface area (Å²) in [7, 11) is 0. The first-order chi connectivity index (χ1) is 5.86. The quantitative estimate of drug-likeness (QED) is 0.379. The maximum atomic E-state index is 8.34. The first-order valence-corrected chi connectivity index (χ1v) is 4.84. The van der Waals surface area contributed by atoms with Crippen molar-refractivity contribution in [2.75, 3.05) is 18.2 Å². The van der Waals surface area contributed by atoms with Crippen LogP contribution >= 0.6 is 11.8 Å². The summed E-state index contributed by atoms with van der Waals surface area (Å²) in [5, 5.41) is 11.3. The van der Waals surface area contributed by atoms with Crippen LogP contribution in [0.3, 0.4) is 0 Å². The minimum absolute atomic E-state index is 0.359. The third kappa shape index (κ3) is 2.73. The minimum Gasteiger partial charge on any atom is -0.371 e. The van der Waals surface area contributed by atoms with Gasteiger partial charge >= 0.3 is 0 Å². The molecule has 0 fully saturated rings. The van der Waals surface area contributed by atoms with E-state index in [0.29, 0.717) is 6.67 Å².